The second-order valence-electron chi connectivity index (χ2n) is 8.27. The summed E-state index contributed by atoms with van der Waals surface area (Å²) in [5.41, 5.74) is 2.20. The summed E-state index contributed by atoms with van der Waals surface area (Å²) in [6.07, 6.45) is 1.52. The maximum atomic E-state index is 12.8. The van der Waals surface area contributed by atoms with E-state index in [1.165, 1.54) is 6.08 Å². The molecule has 38 heavy (non-hydrogen) atoms. The average molecular weight is 571 g/mol. The first-order valence-electron chi connectivity index (χ1n) is 12.2. The molecule has 0 aromatic heterocycles. The van der Waals surface area contributed by atoms with E-state index in [0.717, 1.165) is 16.3 Å². The Labute approximate surface area is 230 Å². The Morgan fingerprint density at radius 3 is 2.42 bits per heavy atom. The van der Waals surface area contributed by atoms with Gasteiger partial charge in [0.25, 0.3) is 5.91 Å². The van der Waals surface area contributed by atoms with Crippen LogP contribution in [0.3, 0.4) is 0 Å². The molecular weight excluding hydrogens is 544 g/mol. The van der Waals surface area contributed by atoms with E-state index < -0.39 is 5.91 Å². The number of nitriles is 1. The fourth-order valence-corrected chi connectivity index (χ4v) is 4.53. The normalized spacial score (nSPS) is 11.1. The van der Waals surface area contributed by atoms with Gasteiger partial charge in [0.05, 0.1) is 17.7 Å². The van der Waals surface area contributed by atoms with Crippen LogP contribution in [0.2, 0.25) is 0 Å². The molecule has 0 saturated heterocycles. The summed E-state index contributed by atoms with van der Waals surface area (Å²) in [4.78, 5) is 12.8. The van der Waals surface area contributed by atoms with Gasteiger partial charge in [-0.15, -0.1) is 0 Å². The van der Waals surface area contributed by atoms with Gasteiger partial charge >= 0.3 is 0 Å². The Balaban J connectivity index is 1.55. The number of anilines is 1. The van der Waals surface area contributed by atoms with Crippen LogP contribution in [0.4, 0.5) is 5.69 Å². The van der Waals surface area contributed by atoms with Gasteiger partial charge in [0.15, 0.2) is 11.5 Å². The lowest BCUT2D eigenvalue weighted by atomic mass is 10.1. The van der Waals surface area contributed by atoms with Crippen molar-refractivity contribution in [1.29, 1.82) is 5.26 Å². The lowest BCUT2D eigenvalue weighted by molar-refractivity contribution is -0.112. The van der Waals surface area contributed by atoms with Crippen LogP contribution in [-0.4, -0.2) is 19.1 Å². The summed E-state index contributed by atoms with van der Waals surface area (Å²) in [5.74, 6) is 1.26. The number of hydrogen-bond acceptors (Lipinski definition) is 5. The van der Waals surface area contributed by atoms with E-state index in [2.05, 4.69) is 39.4 Å². The molecule has 0 unspecified atom stereocenters. The number of carbonyl (C=O) groups excluding carboxylic acids is 1. The van der Waals surface area contributed by atoms with Crippen LogP contribution in [0.25, 0.3) is 16.8 Å². The average Bonchev–Trinajstić information content (AvgIpc) is 2.92. The SMILES string of the molecule is CCOc1ccc(NC(=O)C(C#N)=Cc2cc(Br)c(OCc3cccc4ccccc34)c(OCC)c2)cc1. The standard InChI is InChI=1S/C31H27BrN2O4/c1-3-36-26-14-12-25(13-15-26)34-31(35)24(19-33)16-21-17-28(32)30(29(18-21)37-4-2)38-20-23-10-7-9-22-8-5-6-11-27(22)23/h5-18H,3-4,20H2,1-2H3,(H,34,35). The number of amides is 1. The molecule has 4 aromatic rings. The highest BCUT2D eigenvalue weighted by molar-refractivity contribution is 9.10. The van der Waals surface area contributed by atoms with Crippen LogP contribution in [0.15, 0.2) is 88.9 Å². The van der Waals surface area contributed by atoms with Crippen LogP contribution in [0, 0.1) is 11.3 Å². The molecule has 1 amide bonds. The van der Waals surface area contributed by atoms with Crippen molar-refractivity contribution in [2.45, 2.75) is 20.5 Å². The Morgan fingerprint density at radius 2 is 1.68 bits per heavy atom. The molecule has 4 rings (SSSR count). The first-order valence-corrected chi connectivity index (χ1v) is 13.0. The Morgan fingerprint density at radius 1 is 0.947 bits per heavy atom. The van der Waals surface area contributed by atoms with Crippen molar-refractivity contribution in [2.75, 3.05) is 18.5 Å². The number of rotatable bonds is 10. The summed E-state index contributed by atoms with van der Waals surface area (Å²) in [6, 6.07) is 26.8. The molecule has 192 valence electrons. The van der Waals surface area contributed by atoms with Crippen molar-refractivity contribution in [2.24, 2.45) is 0 Å². The highest BCUT2D eigenvalue weighted by Crippen LogP contribution is 2.38. The molecule has 0 aliphatic rings. The quantitative estimate of drug-likeness (QED) is 0.157. The predicted octanol–water partition coefficient (Wildman–Crippen LogP) is 7.52. The van der Waals surface area contributed by atoms with E-state index in [9.17, 15) is 10.1 Å². The van der Waals surface area contributed by atoms with E-state index in [1.54, 1.807) is 36.4 Å². The molecule has 0 bridgehead atoms. The number of fused-ring (bicyclic) bond motifs is 1. The zero-order valence-electron chi connectivity index (χ0n) is 21.2. The molecule has 7 heteroatoms. The van der Waals surface area contributed by atoms with Crippen LogP contribution in [0.1, 0.15) is 25.0 Å². The zero-order valence-corrected chi connectivity index (χ0v) is 22.7. The van der Waals surface area contributed by atoms with E-state index in [1.807, 2.05) is 44.2 Å². The first kappa shape index (κ1) is 26.8. The number of hydrogen-bond donors (Lipinski definition) is 1. The smallest absolute Gasteiger partial charge is 0.266 e. The molecule has 0 aliphatic heterocycles. The van der Waals surface area contributed by atoms with E-state index >= 15 is 0 Å². The van der Waals surface area contributed by atoms with Crippen LogP contribution in [-0.2, 0) is 11.4 Å². The second-order valence-corrected chi connectivity index (χ2v) is 9.13. The van der Waals surface area contributed by atoms with Gasteiger partial charge in [0.1, 0.15) is 24.0 Å². The molecule has 0 fully saturated rings. The first-order chi connectivity index (χ1) is 18.5. The highest BCUT2D eigenvalue weighted by Gasteiger charge is 2.15. The van der Waals surface area contributed by atoms with Crippen molar-refractivity contribution < 1.29 is 19.0 Å². The fourth-order valence-electron chi connectivity index (χ4n) is 3.96. The fraction of sp³-hybridized carbons (Fsp3) is 0.161. The molecule has 0 heterocycles. The maximum Gasteiger partial charge on any atom is 0.266 e. The molecule has 0 aliphatic carbocycles. The third-order valence-corrected chi connectivity index (χ3v) is 6.27. The number of halogens is 1. The number of nitrogens with one attached hydrogen (secondary N) is 1. The molecular formula is C31H27BrN2O4. The summed E-state index contributed by atoms with van der Waals surface area (Å²) < 4.78 is 18.1. The Bertz CT molecular complexity index is 1500. The van der Waals surface area contributed by atoms with Crippen molar-refractivity contribution >= 4 is 44.4 Å². The minimum Gasteiger partial charge on any atom is -0.494 e. The monoisotopic (exact) mass is 570 g/mol. The number of ether oxygens (including phenoxy) is 3. The summed E-state index contributed by atoms with van der Waals surface area (Å²) in [6.45, 7) is 5.12. The lowest BCUT2D eigenvalue weighted by Gasteiger charge is -2.16. The van der Waals surface area contributed by atoms with Crippen molar-refractivity contribution in [3.63, 3.8) is 0 Å². The van der Waals surface area contributed by atoms with Crippen LogP contribution >= 0.6 is 15.9 Å². The minimum atomic E-state index is -0.512. The Kier molecular flexibility index (Phi) is 9.02. The Hall–Kier alpha value is -4.28. The third-order valence-electron chi connectivity index (χ3n) is 5.68. The van der Waals surface area contributed by atoms with Crippen molar-refractivity contribution in [3.05, 3.63) is 100 Å². The van der Waals surface area contributed by atoms with E-state index in [0.29, 0.717) is 52.8 Å². The number of nitrogens with zero attached hydrogens (tertiary/aromatic N) is 1. The largest absolute Gasteiger partial charge is 0.494 e. The van der Waals surface area contributed by atoms with Crippen molar-refractivity contribution in [1.82, 2.24) is 0 Å². The zero-order chi connectivity index (χ0) is 26.9. The number of carbonyl (C=O) groups is 1. The summed E-state index contributed by atoms with van der Waals surface area (Å²) >= 11 is 3.58. The van der Waals surface area contributed by atoms with Gasteiger partial charge in [-0.25, -0.2) is 0 Å². The topological polar surface area (TPSA) is 80.6 Å². The second kappa shape index (κ2) is 12.8. The molecule has 6 nitrogen and oxygen atoms in total. The van der Waals surface area contributed by atoms with Crippen LogP contribution < -0.4 is 19.5 Å². The van der Waals surface area contributed by atoms with Crippen molar-refractivity contribution in [3.8, 4) is 23.3 Å². The number of benzene rings is 4. The highest BCUT2D eigenvalue weighted by atomic mass is 79.9. The predicted molar refractivity (Wildman–Crippen MR) is 153 cm³/mol. The third kappa shape index (κ3) is 6.53. The van der Waals surface area contributed by atoms with Gasteiger partial charge in [-0.1, -0.05) is 42.5 Å². The van der Waals surface area contributed by atoms with Gasteiger partial charge in [-0.3, -0.25) is 4.79 Å². The molecule has 4 aromatic carbocycles. The van der Waals surface area contributed by atoms with Gasteiger partial charge < -0.3 is 19.5 Å². The molecule has 0 atom stereocenters. The minimum absolute atomic E-state index is 0.0438. The maximum absolute atomic E-state index is 12.8. The summed E-state index contributed by atoms with van der Waals surface area (Å²) in [5, 5.41) is 14.7. The lowest BCUT2D eigenvalue weighted by Crippen LogP contribution is -2.13. The molecule has 0 radical (unpaired) electrons. The molecule has 0 spiro atoms. The van der Waals surface area contributed by atoms with E-state index in [4.69, 9.17) is 14.2 Å². The van der Waals surface area contributed by atoms with Gasteiger partial charge in [0, 0.05) is 5.69 Å². The molecule has 0 saturated carbocycles. The van der Waals surface area contributed by atoms with Gasteiger partial charge in [0.2, 0.25) is 0 Å². The molecule has 1 N–H and O–H groups in total. The summed E-state index contributed by atoms with van der Waals surface area (Å²) in [7, 11) is 0. The van der Waals surface area contributed by atoms with Gasteiger partial charge in [-0.05, 0) is 94.2 Å². The van der Waals surface area contributed by atoms with Gasteiger partial charge in [-0.2, -0.15) is 5.26 Å². The van der Waals surface area contributed by atoms with E-state index in [-0.39, 0.29) is 5.57 Å². The van der Waals surface area contributed by atoms with Crippen LogP contribution in [0.5, 0.6) is 17.2 Å².